The van der Waals surface area contributed by atoms with Crippen molar-refractivity contribution in [1.82, 2.24) is 10.7 Å². The Labute approximate surface area is 173 Å². The Morgan fingerprint density at radius 3 is 2.46 bits per heavy atom. The van der Waals surface area contributed by atoms with Gasteiger partial charge < -0.3 is 15.0 Å². The number of hydrazone groups is 1. The SMILES string of the molecule is CN(C)c1ccc(/C=N\NC(=O)CNC(=O)COc2ccc(Cl)cc2Cl)cc1. The number of halogens is 2. The molecule has 0 aliphatic carbocycles. The highest BCUT2D eigenvalue weighted by Crippen LogP contribution is 2.27. The van der Waals surface area contributed by atoms with Crippen LogP contribution in [0.4, 0.5) is 5.69 Å². The lowest BCUT2D eigenvalue weighted by atomic mass is 10.2. The minimum Gasteiger partial charge on any atom is -0.482 e. The number of nitrogens with one attached hydrogen (secondary N) is 2. The van der Waals surface area contributed by atoms with E-state index >= 15 is 0 Å². The lowest BCUT2D eigenvalue weighted by Crippen LogP contribution is -2.37. The number of hydrogen-bond acceptors (Lipinski definition) is 5. The largest absolute Gasteiger partial charge is 0.482 e. The van der Waals surface area contributed by atoms with Crippen molar-refractivity contribution in [2.24, 2.45) is 5.10 Å². The first kappa shape index (κ1) is 21.5. The molecule has 7 nitrogen and oxygen atoms in total. The molecule has 0 aliphatic heterocycles. The van der Waals surface area contributed by atoms with Crippen molar-refractivity contribution in [3.63, 3.8) is 0 Å². The van der Waals surface area contributed by atoms with Gasteiger partial charge in [-0.3, -0.25) is 9.59 Å². The standard InChI is InChI=1S/C19H20Cl2N4O3/c1-25(2)15-6-3-13(4-7-15)10-23-24-18(26)11-22-19(27)12-28-17-8-5-14(20)9-16(17)21/h3-10H,11-12H2,1-2H3,(H,22,27)(H,24,26)/b23-10-. The normalized spacial score (nSPS) is 10.6. The Bertz CT molecular complexity index is 855. The Kier molecular flexibility index (Phi) is 8.10. The second-order valence-corrected chi connectivity index (χ2v) is 6.76. The van der Waals surface area contributed by atoms with Gasteiger partial charge >= 0.3 is 0 Å². The zero-order chi connectivity index (χ0) is 20.5. The molecule has 0 saturated heterocycles. The summed E-state index contributed by atoms with van der Waals surface area (Å²) < 4.78 is 5.28. The highest BCUT2D eigenvalue weighted by molar-refractivity contribution is 6.35. The molecule has 0 heterocycles. The van der Waals surface area contributed by atoms with Crippen LogP contribution in [-0.4, -0.2) is 45.3 Å². The molecule has 9 heteroatoms. The zero-order valence-corrected chi connectivity index (χ0v) is 16.9. The van der Waals surface area contributed by atoms with E-state index in [1.54, 1.807) is 12.1 Å². The third kappa shape index (κ3) is 7.09. The van der Waals surface area contributed by atoms with E-state index in [1.165, 1.54) is 12.3 Å². The molecule has 0 atom stereocenters. The second-order valence-electron chi connectivity index (χ2n) is 5.92. The van der Waals surface area contributed by atoms with E-state index in [2.05, 4.69) is 15.8 Å². The van der Waals surface area contributed by atoms with Gasteiger partial charge in [0, 0.05) is 24.8 Å². The summed E-state index contributed by atoms with van der Waals surface area (Å²) in [6, 6.07) is 12.3. The molecule has 148 valence electrons. The van der Waals surface area contributed by atoms with Crippen LogP contribution in [-0.2, 0) is 9.59 Å². The first-order chi connectivity index (χ1) is 13.3. The molecular formula is C19H20Cl2N4O3. The van der Waals surface area contributed by atoms with Crippen LogP contribution in [0, 0.1) is 0 Å². The fraction of sp³-hybridized carbons (Fsp3) is 0.211. The highest BCUT2D eigenvalue weighted by Gasteiger charge is 2.08. The van der Waals surface area contributed by atoms with Gasteiger partial charge in [-0.25, -0.2) is 5.43 Å². The highest BCUT2D eigenvalue weighted by atomic mass is 35.5. The molecule has 0 radical (unpaired) electrons. The molecular weight excluding hydrogens is 403 g/mol. The molecule has 0 saturated carbocycles. The van der Waals surface area contributed by atoms with Crippen LogP contribution in [0.2, 0.25) is 10.0 Å². The van der Waals surface area contributed by atoms with Crippen LogP contribution in [0.3, 0.4) is 0 Å². The molecule has 0 aliphatic rings. The van der Waals surface area contributed by atoms with Gasteiger partial charge in [-0.1, -0.05) is 35.3 Å². The summed E-state index contributed by atoms with van der Waals surface area (Å²) in [6.45, 7) is -0.510. The van der Waals surface area contributed by atoms with Gasteiger partial charge in [0.15, 0.2) is 6.61 Å². The Hall–Kier alpha value is -2.77. The predicted octanol–water partition coefficient (Wildman–Crippen LogP) is 2.70. The van der Waals surface area contributed by atoms with Crippen molar-refractivity contribution in [3.05, 3.63) is 58.1 Å². The fourth-order valence-corrected chi connectivity index (χ4v) is 2.51. The molecule has 0 fully saturated rings. The number of carbonyl (C=O) groups is 2. The second kappa shape index (κ2) is 10.5. The number of amides is 2. The van der Waals surface area contributed by atoms with Crippen molar-refractivity contribution in [3.8, 4) is 5.75 Å². The Balaban J connectivity index is 1.70. The first-order valence-corrected chi connectivity index (χ1v) is 9.04. The maximum Gasteiger partial charge on any atom is 0.259 e. The van der Waals surface area contributed by atoms with E-state index in [9.17, 15) is 9.59 Å². The van der Waals surface area contributed by atoms with Crippen molar-refractivity contribution in [2.75, 3.05) is 32.1 Å². The van der Waals surface area contributed by atoms with Crippen molar-refractivity contribution < 1.29 is 14.3 Å². The third-order valence-corrected chi connectivity index (χ3v) is 4.04. The number of anilines is 1. The van der Waals surface area contributed by atoms with Crippen LogP contribution >= 0.6 is 23.2 Å². The van der Waals surface area contributed by atoms with Gasteiger partial charge in [0.1, 0.15) is 5.75 Å². The van der Waals surface area contributed by atoms with E-state index in [0.29, 0.717) is 15.8 Å². The Morgan fingerprint density at radius 2 is 1.82 bits per heavy atom. The maximum absolute atomic E-state index is 11.8. The van der Waals surface area contributed by atoms with Gasteiger partial charge in [-0.05, 0) is 35.9 Å². The van der Waals surface area contributed by atoms with Crippen molar-refractivity contribution in [2.45, 2.75) is 0 Å². The molecule has 2 rings (SSSR count). The van der Waals surface area contributed by atoms with Crippen LogP contribution in [0.1, 0.15) is 5.56 Å². The summed E-state index contributed by atoms with van der Waals surface area (Å²) in [4.78, 5) is 25.5. The monoisotopic (exact) mass is 422 g/mol. The van der Waals surface area contributed by atoms with E-state index in [-0.39, 0.29) is 13.2 Å². The van der Waals surface area contributed by atoms with E-state index < -0.39 is 11.8 Å². The van der Waals surface area contributed by atoms with Gasteiger partial charge in [-0.2, -0.15) is 5.10 Å². The first-order valence-electron chi connectivity index (χ1n) is 8.29. The summed E-state index contributed by atoms with van der Waals surface area (Å²) in [5.41, 5.74) is 4.24. The third-order valence-electron chi connectivity index (χ3n) is 3.51. The summed E-state index contributed by atoms with van der Waals surface area (Å²) in [7, 11) is 3.90. The van der Waals surface area contributed by atoms with Crippen LogP contribution < -0.4 is 20.4 Å². The van der Waals surface area contributed by atoms with Gasteiger partial charge in [0.25, 0.3) is 11.8 Å². The average Bonchev–Trinajstić information content (AvgIpc) is 2.66. The van der Waals surface area contributed by atoms with Gasteiger partial charge in [0.05, 0.1) is 17.8 Å². The molecule has 28 heavy (non-hydrogen) atoms. The molecule has 2 N–H and O–H groups in total. The average molecular weight is 423 g/mol. The maximum atomic E-state index is 11.8. The van der Waals surface area contributed by atoms with Crippen LogP contribution in [0.25, 0.3) is 0 Å². The molecule has 2 aromatic carbocycles. The molecule has 0 bridgehead atoms. The minimum absolute atomic E-state index is 0.229. The number of rotatable bonds is 8. The van der Waals surface area contributed by atoms with Crippen LogP contribution in [0.15, 0.2) is 47.6 Å². The van der Waals surface area contributed by atoms with Crippen LogP contribution in [0.5, 0.6) is 5.75 Å². The van der Waals surface area contributed by atoms with Gasteiger partial charge in [-0.15, -0.1) is 0 Å². The number of benzene rings is 2. The molecule has 2 aromatic rings. The number of ether oxygens (including phenoxy) is 1. The topological polar surface area (TPSA) is 83.0 Å². The summed E-state index contributed by atoms with van der Waals surface area (Å²) >= 11 is 11.7. The van der Waals surface area contributed by atoms with E-state index in [4.69, 9.17) is 27.9 Å². The number of carbonyl (C=O) groups excluding carboxylic acids is 2. The summed E-state index contributed by atoms with van der Waals surface area (Å²) in [5.74, 6) is -0.598. The lowest BCUT2D eigenvalue weighted by Gasteiger charge is -2.11. The summed E-state index contributed by atoms with van der Waals surface area (Å²) in [5, 5.41) is 7.05. The van der Waals surface area contributed by atoms with E-state index in [1.807, 2.05) is 43.3 Å². The minimum atomic E-state index is -0.468. The van der Waals surface area contributed by atoms with E-state index in [0.717, 1.165) is 11.3 Å². The quantitative estimate of drug-likeness (QED) is 0.505. The zero-order valence-electron chi connectivity index (χ0n) is 15.4. The predicted molar refractivity (Wildman–Crippen MR) is 111 cm³/mol. The molecule has 0 aromatic heterocycles. The number of nitrogens with zero attached hydrogens (tertiary/aromatic N) is 2. The molecule has 2 amide bonds. The smallest absolute Gasteiger partial charge is 0.259 e. The van der Waals surface area contributed by atoms with Gasteiger partial charge in [0.2, 0.25) is 0 Å². The number of hydrogen-bond donors (Lipinski definition) is 2. The molecule has 0 unspecified atom stereocenters. The van der Waals surface area contributed by atoms with Crippen molar-refractivity contribution in [1.29, 1.82) is 0 Å². The fourth-order valence-electron chi connectivity index (χ4n) is 2.04. The van der Waals surface area contributed by atoms with Crippen molar-refractivity contribution >= 4 is 46.9 Å². The lowest BCUT2D eigenvalue weighted by molar-refractivity contribution is -0.127. The summed E-state index contributed by atoms with van der Waals surface area (Å²) in [6.07, 6.45) is 1.52. The Morgan fingerprint density at radius 1 is 1.11 bits per heavy atom. The molecule has 0 spiro atoms.